The summed E-state index contributed by atoms with van der Waals surface area (Å²) in [5.41, 5.74) is -0.438. The van der Waals surface area contributed by atoms with Gasteiger partial charge < -0.3 is 14.5 Å². The van der Waals surface area contributed by atoms with Crippen LogP contribution in [0.2, 0.25) is 0 Å². The van der Waals surface area contributed by atoms with Gasteiger partial charge in [-0.3, -0.25) is 9.59 Å². The van der Waals surface area contributed by atoms with E-state index in [4.69, 9.17) is 11.2 Å². The smallest absolute Gasteiger partial charge is 0.242 e. The maximum Gasteiger partial charge on any atom is 0.242 e. The minimum absolute atomic E-state index is 0.0166. The summed E-state index contributed by atoms with van der Waals surface area (Å²) in [6, 6.07) is 0. The van der Waals surface area contributed by atoms with E-state index in [9.17, 15) is 9.59 Å². The number of ether oxygens (including phenoxy) is 1. The Morgan fingerprint density at radius 3 is 2.77 bits per heavy atom. The van der Waals surface area contributed by atoms with Gasteiger partial charge in [-0.25, -0.2) is 0 Å². The van der Waals surface area contributed by atoms with Crippen LogP contribution in [-0.4, -0.2) is 67.2 Å². The summed E-state index contributed by atoms with van der Waals surface area (Å²) < 4.78 is 4.97. The molecule has 22 heavy (non-hydrogen) atoms. The quantitative estimate of drug-likeness (QED) is 0.618. The fourth-order valence-electron chi connectivity index (χ4n) is 2.49. The molecule has 0 saturated carbocycles. The lowest BCUT2D eigenvalue weighted by Crippen LogP contribution is -2.53. The molecule has 0 aromatic heterocycles. The Labute approximate surface area is 130 Å². The van der Waals surface area contributed by atoms with Gasteiger partial charge in [0.05, 0.1) is 13.2 Å². The third-order valence-corrected chi connectivity index (χ3v) is 4.03. The minimum Gasteiger partial charge on any atom is -0.383 e. The van der Waals surface area contributed by atoms with Crippen molar-refractivity contribution in [1.82, 2.24) is 9.80 Å². The first-order valence-corrected chi connectivity index (χ1v) is 7.52. The van der Waals surface area contributed by atoms with E-state index >= 15 is 0 Å². The molecular formula is C15H22N4O3. The molecule has 0 unspecified atom stereocenters. The monoisotopic (exact) mass is 306 g/mol. The Bertz CT molecular complexity index is 492. The zero-order chi connectivity index (χ0) is 16.0. The minimum atomic E-state index is -0.438. The van der Waals surface area contributed by atoms with Crippen LogP contribution in [0.5, 0.6) is 0 Å². The van der Waals surface area contributed by atoms with Gasteiger partial charge >= 0.3 is 0 Å². The van der Waals surface area contributed by atoms with E-state index in [0.717, 1.165) is 0 Å². The lowest BCUT2D eigenvalue weighted by Gasteiger charge is -2.34. The molecule has 2 amide bonds. The van der Waals surface area contributed by atoms with Crippen molar-refractivity contribution in [3.8, 4) is 12.3 Å². The van der Waals surface area contributed by atoms with E-state index in [2.05, 4.69) is 16.1 Å². The van der Waals surface area contributed by atoms with Gasteiger partial charge in [-0.15, -0.1) is 12.3 Å². The van der Waals surface area contributed by atoms with Crippen molar-refractivity contribution in [3.05, 3.63) is 0 Å². The standard InChI is InChI=1S/C15H22N4O3/c1-3-4-6-15(16-17-15)7-5-13(20)19-9-8-18(10-11-22-2)14(21)12-19/h1H,4-12H2,2H3. The van der Waals surface area contributed by atoms with E-state index in [0.29, 0.717) is 51.9 Å². The van der Waals surface area contributed by atoms with Crippen LogP contribution in [0.3, 0.4) is 0 Å². The topological polar surface area (TPSA) is 74.6 Å². The fourth-order valence-corrected chi connectivity index (χ4v) is 2.49. The maximum absolute atomic E-state index is 12.2. The first-order chi connectivity index (χ1) is 10.6. The van der Waals surface area contributed by atoms with Crippen LogP contribution in [-0.2, 0) is 14.3 Å². The molecule has 7 heteroatoms. The molecule has 0 bridgehead atoms. The Balaban J connectivity index is 1.73. The third-order valence-electron chi connectivity index (χ3n) is 4.03. The van der Waals surface area contributed by atoms with Gasteiger partial charge in [0.2, 0.25) is 11.8 Å². The number of terminal acetylenes is 1. The summed E-state index contributed by atoms with van der Waals surface area (Å²) in [7, 11) is 1.61. The molecule has 0 aliphatic carbocycles. The van der Waals surface area contributed by atoms with Crippen LogP contribution in [0, 0.1) is 12.3 Å². The van der Waals surface area contributed by atoms with E-state index in [1.807, 2.05) is 0 Å². The number of methoxy groups -OCH3 is 1. The van der Waals surface area contributed by atoms with E-state index < -0.39 is 5.66 Å². The SMILES string of the molecule is C#CCCC1(CCC(=O)N2CCN(CCOC)C(=O)C2)N=N1. The van der Waals surface area contributed by atoms with Crippen molar-refractivity contribution >= 4 is 11.8 Å². The molecular weight excluding hydrogens is 284 g/mol. The van der Waals surface area contributed by atoms with Gasteiger partial charge in [0.15, 0.2) is 5.66 Å². The number of piperazine rings is 1. The molecule has 0 aromatic rings. The van der Waals surface area contributed by atoms with Crippen LogP contribution < -0.4 is 0 Å². The number of rotatable bonds is 8. The average molecular weight is 306 g/mol. The van der Waals surface area contributed by atoms with Crippen LogP contribution in [0.1, 0.15) is 25.7 Å². The van der Waals surface area contributed by atoms with Crippen molar-refractivity contribution in [3.63, 3.8) is 0 Å². The first kappa shape index (κ1) is 16.4. The van der Waals surface area contributed by atoms with Gasteiger partial charge in [0.25, 0.3) is 0 Å². The Morgan fingerprint density at radius 2 is 2.18 bits per heavy atom. The summed E-state index contributed by atoms with van der Waals surface area (Å²) in [6.45, 7) is 2.36. The molecule has 1 fully saturated rings. The molecule has 2 heterocycles. The van der Waals surface area contributed by atoms with E-state index in [-0.39, 0.29) is 18.4 Å². The average Bonchev–Trinajstić information content (AvgIpc) is 3.30. The molecule has 0 atom stereocenters. The predicted molar refractivity (Wildman–Crippen MR) is 79.9 cm³/mol. The van der Waals surface area contributed by atoms with Crippen LogP contribution in [0.15, 0.2) is 10.2 Å². The molecule has 2 aliphatic heterocycles. The number of hydrogen-bond donors (Lipinski definition) is 0. The lowest BCUT2D eigenvalue weighted by atomic mass is 10.0. The molecule has 7 nitrogen and oxygen atoms in total. The summed E-state index contributed by atoms with van der Waals surface area (Å²) in [6.07, 6.45) is 7.47. The van der Waals surface area contributed by atoms with E-state index in [1.165, 1.54) is 0 Å². The van der Waals surface area contributed by atoms with Crippen molar-refractivity contribution in [2.75, 3.05) is 39.9 Å². The highest BCUT2D eigenvalue weighted by molar-refractivity contribution is 5.86. The van der Waals surface area contributed by atoms with Crippen LogP contribution in [0.25, 0.3) is 0 Å². The highest BCUT2D eigenvalue weighted by Gasteiger charge is 2.40. The highest BCUT2D eigenvalue weighted by atomic mass is 16.5. The molecule has 1 saturated heterocycles. The van der Waals surface area contributed by atoms with Crippen LogP contribution in [0.4, 0.5) is 0 Å². The van der Waals surface area contributed by atoms with Crippen molar-refractivity contribution in [2.24, 2.45) is 10.2 Å². The van der Waals surface area contributed by atoms with Crippen molar-refractivity contribution in [2.45, 2.75) is 31.3 Å². The lowest BCUT2D eigenvalue weighted by molar-refractivity contribution is -0.145. The van der Waals surface area contributed by atoms with Gasteiger partial charge in [0, 0.05) is 52.4 Å². The fraction of sp³-hybridized carbons (Fsp3) is 0.733. The van der Waals surface area contributed by atoms with Gasteiger partial charge in [-0.2, -0.15) is 10.2 Å². The van der Waals surface area contributed by atoms with E-state index in [1.54, 1.807) is 16.9 Å². The summed E-state index contributed by atoms with van der Waals surface area (Å²) in [5, 5.41) is 8.04. The highest BCUT2D eigenvalue weighted by Crippen LogP contribution is 2.37. The molecule has 0 N–H and O–H groups in total. The molecule has 2 aliphatic rings. The second-order valence-electron chi connectivity index (χ2n) is 5.58. The number of carbonyl (C=O) groups excluding carboxylic acids is 2. The van der Waals surface area contributed by atoms with Gasteiger partial charge in [-0.05, 0) is 0 Å². The number of carbonyl (C=O) groups is 2. The Kier molecular flexibility index (Phi) is 5.50. The molecule has 120 valence electrons. The zero-order valence-electron chi connectivity index (χ0n) is 13.0. The van der Waals surface area contributed by atoms with Gasteiger partial charge in [-0.1, -0.05) is 0 Å². The second-order valence-corrected chi connectivity index (χ2v) is 5.58. The first-order valence-electron chi connectivity index (χ1n) is 7.52. The number of amides is 2. The third kappa shape index (κ3) is 4.28. The summed E-state index contributed by atoms with van der Waals surface area (Å²) >= 11 is 0. The molecule has 0 aromatic carbocycles. The number of hydrogen-bond acceptors (Lipinski definition) is 5. The number of nitrogens with zero attached hydrogens (tertiary/aromatic N) is 4. The summed E-state index contributed by atoms with van der Waals surface area (Å²) in [4.78, 5) is 27.6. The molecule has 2 rings (SSSR count). The molecule has 0 radical (unpaired) electrons. The second kappa shape index (κ2) is 7.36. The van der Waals surface area contributed by atoms with Gasteiger partial charge in [0.1, 0.15) is 0 Å². The maximum atomic E-state index is 12.2. The summed E-state index contributed by atoms with van der Waals surface area (Å²) in [5.74, 6) is 2.52. The molecule has 0 spiro atoms. The zero-order valence-corrected chi connectivity index (χ0v) is 13.0. The van der Waals surface area contributed by atoms with Crippen molar-refractivity contribution in [1.29, 1.82) is 0 Å². The van der Waals surface area contributed by atoms with Crippen molar-refractivity contribution < 1.29 is 14.3 Å². The largest absolute Gasteiger partial charge is 0.383 e. The Hall–Kier alpha value is -1.94. The van der Waals surface area contributed by atoms with Crippen LogP contribution >= 0.6 is 0 Å². The Morgan fingerprint density at radius 1 is 1.41 bits per heavy atom. The predicted octanol–water partition coefficient (Wildman–Crippen LogP) is 0.659. The normalized spacial score (nSPS) is 19.2.